The summed E-state index contributed by atoms with van der Waals surface area (Å²) in [6, 6.07) is 25.3. The van der Waals surface area contributed by atoms with Gasteiger partial charge in [0.1, 0.15) is 12.6 Å². The fraction of sp³-hybridized carbons (Fsp3) is 0.297. The molecule has 0 aliphatic rings. The second kappa shape index (κ2) is 15.8. The number of hydrogen-bond acceptors (Lipinski definition) is 4. The highest BCUT2D eigenvalue weighted by atomic mass is 35.5. The van der Waals surface area contributed by atoms with Crippen molar-refractivity contribution in [2.24, 2.45) is 5.92 Å². The predicted octanol–water partition coefficient (Wildman–Crippen LogP) is 7.53. The monoisotopic (exact) mass is 693 g/mol. The number of sulfonamides is 1. The highest BCUT2D eigenvalue weighted by molar-refractivity contribution is 7.92. The van der Waals surface area contributed by atoms with Crippen molar-refractivity contribution in [3.63, 3.8) is 0 Å². The van der Waals surface area contributed by atoms with Gasteiger partial charge in [-0.1, -0.05) is 97.2 Å². The Kier molecular flexibility index (Phi) is 12.1. The van der Waals surface area contributed by atoms with Gasteiger partial charge < -0.3 is 10.2 Å². The molecule has 0 unspecified atom stereocenters. The van der Waals surface area contributed by atoms with Crippen molar-refractivity contribution in [1.82, 2.24) is 10.2 Å². The molecule has 7 nitrogen and oxygen atoms in total. The van der Waals surface area contributed by atoms with E-state index >= 15 is 0 Å². The average molecular weight is 695 g/mol. The van der Waals surface area contributed by atoms with E-state index in [1.54, 1.807) is 42.5 Å². The van der Waals surface area contributed by atoms with E-state index in [0.29, 0.717) is 27.8 Å². The summed E-state index contributed by atoms with van der Waals surface area (Å²) in [4.78, 5) is 30.1. The van der Waals surface area contributed by atoms with Crippen LogP contribution in [-0.2, 0) is 32.6 Å². The lowest BCUT2D eigenvalue weighted by Gasteiger charge is -2.34. The topological polar surface area (TPSA) is 86.8 Å². The molecular formula is C37H41Cl2N3O4S. The first-order chi connectivity index (χ1) is 22.2. The highest BCUT2D eigenvalue weighted by Crippen LogP contribution is 2.28. The van der Waals surface area contributed by atoms with Crippen molar-refractivity contribution in [2.45, 2.75) is 58.5 Å². The Balaban J connectivity index is 1.84. The normalized spacial score (nSPS) is 12.1. The lowest BCUT2D eigenvalue weighted by atomic mass is 10.0. The Morgan fingerprint density at radius 1 is 0.809 bits per heavy atom. The summed E-state index contributed by atoms with van der Waals surface area (Å²) in [6.07, 6.45) is 0.204. The average Bonchev–Trinajstić information content (AvgIpc) is 3.01. The zero-order valence-electron chi connectivity index (χ0n) is 27.3. The van der Waals surface area contributed by atoms with Gasteiger partial charge in [-0.2, -0.15) is 0 Å². The first-order valence-corrected chi connectivity index (χ1v) is 17.7. The quantitative estimate of drug-likeness (QED) is 0.157. The van der Waals surface area contributed by atoms with Gasteiger partial charge in [-0.25, -0.2) is 8.42 Å². The zero-order chi connectivity index (χ0) is 34.3. The smallest absolute Gasteiger partial charge is 0.264 e. The summed E-state index contributed by atoms with van der Waals surface area (Å²) in [5, 5.41) is 3.75. The molecule has 0 bridgehead atoms. The van der Waals surface area contributed by atoms with Crippen molar-refractivity contribution < 1.29 is 18.0 Å². The number of amides is 2. The fourth-order valence-electron chi connectivity index (χ4n) is 5.27. The second-order valence-corrected chi connectivity index (χ2v) is 15.0. The number of aryl methyl sites for hydroxylation is 3. The van der Waals surface area contributed by atoms with Crippen molar-refractivity contribution in [1.29, 1.82) is 0 Å². The van der Waals surface area contributed by atoms with E-state index < -0.39 is 28.5 Å². The third-order valence-corrected chi connectivity index (χ3v) is 10.1. The molecule has 2 amide bonds. The minimum absolute atomic E-state index is 0.0489. The van der Waals surface area contributed by atoms with Crippen LogP contribution in [0.2, 0.25) is 10.0 Å². The van der Waals surface area contributed by atoms with E-state index in [0.717, 1.165) is 26.6 Å². The largest absolute Gasteiger partial charge is 0.354 e. The molecule has 0 spiro atoms. The molecule has 0 fully saturated rings. The van der Waals surface area contributed by atoms with E-state index in [1.165, 1.54) is 17.0 Å². The highest BCUT2D eigenvalue weighted by Gasteiger charge is 2.35. The second-order valence-electron chi connectivity index (χ2n) is 12.3. The molecule has 0 aliphatic carbocycles. The molecule has 4 aromatic carbocycles. The molecule has 4 rings (SSSR count). The fourth-order valence-corrected chi connectivity index (χ4v) is 7.14. The van der Waals surface area contributed by atoms with E-state index in [4.69, 9.17) is 23.2 Å². The molecule has 0 aromatic heterocycles. The summed E-state index contributed by atoms with van der Waals surface area (Å²) >= 11 is 12.8. The maximum Gasteiger partial charge on any atom is 0.264 e. The maximum atomic E-state index is 14.7. The zero-order valence-corrected chi connectivity index (χ0v) is 29.7. The van der Waals surface area contributed by atoms with E-state index in [1.807, 2.05) is 71.0 Å². The van der Waals surface area contributed by atoms with Crippen LogP contribution in [-0.4, -0.2) is 44.3 Å². The molecule has 47 heavy (non-hydrogen) atoms. The Morgan fingerprint density at radius 3 is 2.04 bits per heavy atom. The number of nitrogens with zero attached hydrogens (tertiary/aromatic N) is 2. The van der Waals surface area contributed by atoms with E-state index in [-0.39, 0.29) is 29.7 Å². The number of carbonyl (C=O) groups is 2. The van der Waals surface area contributed by atoms with Gasteiger partial charge in [-0.3, -0.25) is 13.9 Å². The van der Waals surface area contributed by atoms with E-state index in [2.05, 4.69) is 5.32 Å². The van der Waals surface area contributed by atoms with Crippen LogP contribution >= 0.6 is 23.2 Å². The first kappa shape index (κ1) is 36.0. The number of hydrogen-bond donors (Lipinski definition) is 1. The van der Waals surface area contributed by atoms with Gasteiger partial charge in [0.15, 0.2) is 0 Å². The molecule has 4 aromatic rings. The van der Waals surface area contributed by atoms with Crippen LogP contribution in [0.4, 0.5) is 5.69 Å². The lowest BCUT2D eigenvalue weighted by molar-refractivity contribution is -0.140. The minimum Gasteiger partial charge on any atom is -0.354 e. The van der Waals surface area contributed by atoms with Gasteiger partial charge in [0, 0.05) is 29.6 Å². The Morgan fingerprint density at radius 2 is 1.45 bits per heavy atom. The van der Waals surface area contributed by atoms with Crippen molar-refractivity contribution in [3.05, 3.63) is 129 Å². The molecule has 0 aliphatic heterocycles. The lowest BCUT2D eigenvalue weighted by Crippen LogP contribution is -2.53. The van der Waals surface area contributed by atoms with Gasteiger partial charge in [-0.15, -0.1) is 0 Å². The molecule has 10 heteroatoms. The van der Waals surface area contributed by atoms with Gasteiger partial charge in [-0.05, 0) is 85.3 Å². The van der Waals surface area contributed by atoms with Crippen LogP contribution in [0.15, 0.2) is 95.9 Å². The third kappa shape index (κ3) is 9.60. The molecular weight excluding hydrogens is 653 g/mol. The van der Waals surface area contributed by atoms with Crippen LogP contribution in [0.25, 0.3) is 0 Å². The summed E-state index contributed by atoms with van der Waals surface area (Å²) in [5.41, 5.74) is 4.35. The van der Waals surface area contributed by atoms with Gasteiger partial charge in [0.05, 0.1) is 10.6 Å². The summed E-state index contributed by atoms with van der Waals surface area (Å²) in [5.74, 6) is -0.738. The number of benzene rings is 4. The number of anilines is 1. The standard InChI is InChI=1S/C37H41Cl2N3O4S/c1-25(2)22-40-37(44)35(20-29-9-7-6-8-10-29)41(23-30-13-14-31(38)21-34(30)39)36(43)24-42(32-18-27(4)17-28(5)19-32)47(45,46)33-15-11-26(3)12-16-33/h6-19,21,25,35H,20,22-24H2,1-5H3,(H,40,44)/t35-/m1/s1. The number of halogens is 2. The Bertz CT molecular complexity index is 1790. The van der Waals surface area contributed by atoms with Crippen LogP contribution in [0.1, 0.15) is 41.7 Å². The first-order valence-electron chi connectivity index (χ1n) is 15.5. The molecule has 0 heterocycles. The van der Waals surface area contributed by atoms with Crippen LogP contribution in [0, 0.1) is 26.7 Å². The van der Waals surface area contributed by atoms with Gasteiger partial charge in [0.25, 0.3) is 10.0 Å². The molecule has 248 valence electrons. The van der Waals surface area contributed by atoms with Crippen LogP contribution < -0.4 is 9.62 Å². The van der Waals surface area contributed by atoms with Crippen molar-refractivity contribution in [2.75, 3.05) is 17.4 Å². The molecule has 0 saturated carbocycles. The number of nitrogens with one attached hydrogen (secondary N) is 1. The minimum atomic E-state index is -4.20. The Hall–Kier alpha value is -3.85. The van der Waals surface area contributed by atoms with E-state index in [9.17, 15) is 18.0 Å². The predicted molar refractivity (Wildman–Crippen MR) is 190 cm³/mol. The van der Waals surface area contributed by atoms with Crippen molar-refractivity contribution in [3.8, 4) is 0 Å². The third-order valence-electron chi connectivity index (χ3n) is 7.69. The summed E-state index contributed by atoms with van der Waals surface area (Å²) < 4.78 is 29.7. The van der Waals surface area contributed by atoms with Gasteiger partial charge in [0.2, 0.25) is 11.8 Å². The SMILES string of the molecule is Cc1ccc(S(=O)(=O)N(CC(=O)N(Cc2ccc(Cl)cc2Cl)[C@H](Cc2ccccc2)C(=O)NCC(C)C)c2cc(C)cc(C)c2)cc1. The summed E-state index contributed by atoms with van der Waals surface area (Å²) in [6.45, 7) is 9.40. The molecule has 0 radical (unpaired) electrons. The number of rotatable bonds is 13. The summed E-state index contributed by atoms with van der Waals surface area (Å²) in [7, 11) is -4.20. The molecule has 0 saturated heterocycles. The number of carbonyl (C=O) groups excluding carboxylic acids is 2. The van der Waals surface area contributed by atoms with Crippen LogP contribution in [0.5, 0.6) is 0 Å². The Labute approximate surface area is 288 Å². The molecule has 1 atom stereocenters. The molecule has 1 N–H and O–H groups in total. The van der Waals surface area contributed by atoms with Gasteiger partial charge >= 0.3 is 0 Å². The van der Waals surface area contributed by atoms with Crippen LogP contribution in [0.3, 0.4) is 0 Å². The maximum absolute atomic E-state index is 14.7. The van der Waals surface area contributed by atoms with Crippen molar-refractivity contribution >= 4 is 50.7 Å².